The van der Waals surface area contributed by atoms with Gasteiger partial charge in [0, 0.05) is 38.3 Å². The number of nitrogens with zero attached hydrogens (tertiary/aromatic N) is 2. The summed E-state index contributed by atoms with van der Waals surface area (Å²) >= 11 is 0. The molecule has 1 aliphatic heterocycles. The van der Waals surface area contributed by atoms with Crippen molar-refractivity contribution in [3.05, 3.63) is 11.4 Å². The lowest BCUT2D eigenvalue weighted by molar-refractivity contribution is 0.185. The normalized spacial score (nSPS) is 22.0. The molecule has 5 heteroatoms. The van der Waals surface area contributed by atoms with E-state index < -0.39 is 0 Å². The largest absolute Gasteiger partial charge is 0.381 e. The number of nitrogens with one attached hydrogen (secondary N) is 2. The highest BCUT2D eigenvalue weighted by molar-refractivity contribution is 5.57. The molecule has 2 N–H and O–H groups in total. The molecule has 0 radical (unpaired) electrons. The van der Waals surface area contributed by atoms with E-state index in [1.165, 1.54) is 19.3 Å². The van der Waals surface area contributed by atoms with Crippen LogP contribution in [0.1, 0.15) is 43.0 Å². The molecule has 0 spiro atoms. The van der Waals surface area contributed by atoms with Crippen molar-refractivity contribution >= 4 is 11.6 Å². The zero-order chi connectivity index (χ0) is 13.9. The molecule has 1 aromatic rings. The Morgan fingerprint density at radius 1 is 1.20 bits per heavy atom. The highest BCUT2D eigenvalue weighted by Gasteiger charge is 2.28. The Morgan fingerprint density at radius 3 is 2.65 bits per heavy atom. The Bertz CT molecular complexity index is 467. The predicted molar refractivity (Wildman–Crippen MR) is 80.3 cm³/mol. The Morgan fingerprint density at radius 2 is 2.00 bits per heavy atom. The van der Waals surface area contributed by atoms with Gasteiger partial charge in [-0.05, 0) is 38.5 Å². The molecular weight excluding hydrogens is 252 g/mol. The van der Waals surface area contributed by atoms with Crippen molar-refractivity contribution < 1.29 is 4.74 Å². The Balaban J connectivity index is 1.65. The Hall–Kier alpha value is -1.36. The summed E-state index contributed by atoms with van der Waals surface area (Å²) < 4.78 is 5.42. The lowest BCUT2D eigenvalue weighted by Gasteiger charge is -2.14. The van der Waals surface area contributed by atoms with Crippen molar-refractivity contribution in [1.29, 1.82) is 0 Å². The highest BCUT2D eigenvalue weighted by atomic mass is 16.5. The number of hydrogen-bond acceptors (Lipinski definition) is 5. The Labute approximate surface area is 120 Å². The minimum atomic E-state index is 0.575. The first-order valence-electron chi connectivity index (χ1n) is 7.66. The van der Waals surface area contributed by atoms with Gasteiger partial charge in [0.05, 0.1) is 0 Å². The first-order valence-corrected chi connectivity index (χ1v) is 7.66. The molecule has 110 valence electrons. The summed E-state index contributed by atoms with van der Waals surface area (Å²) in [5, 5.41) is 6.67. The molecule has 1 aromatic heterocycles. The standard InChI is InChI=1S/C15H24N4O/c1-10-13(16-2)18-15(12-3-4-12)19-14(10)17-7-5-11-6-8-20-9-11/h11-12H,3-9H2,1-2H3,(H2,16,17,18,19). The molecule has 1 atom stereocenters. The molecule has 1 saturated carbocycles. The van der Waals surface area contributed by atoms with Crippen LogP contribution in [0.2, 0.25) is 0 Å². The van der Waals surface area contributed by atoms with Crippen LogP contribution in [-0.4, -0.2) is 36.8 Å². The smallest absolute Gasteiger partial charge is 0.136 e. The molecule has 3 rings (SSSR count). The minimum Gasteiger partial charge on any atom is -0.381 e. The van der Waals surface area contributed by atoms with Crippen molar-refractivity contribution in [3.63, 3.8) is 0 Å². The molecule has 20 heavy (non-hydrogen) atoms. The number of anilines is 2. The first-order chi connectivity index (χ1) is 9.78. The molecule has 0 aromatic carbocycles. The SMILES string of the molecule is CNc1nc(C2CC2)nc(NCCC2CCOC2)c1C. The number of aromatic nitrogens is 2. The molecule has 5 nitrogen and oxygen atoms in total. The van der Waals surface area contributed by atoms with Crippen LogP contribution in [-0.2, 0) is 4.74 Å². The maximum atomic E-state index is 5.42. The maximum Gasteiger partial charge on any atom is 0.136 e. The van der Waals surface area contributed by atoms with Crippen molar-refractivity contribution in [3.8, 4) is 0 Å². The summed E-state index contributed by atoms with van der Waals surface area (Å²) in [5.74, 6) is 4.22. The first kappa shape index (κ1) is 13.6. The summed E-state index contributed by atoms with van der Waals surface area (Å²) in [4.78, 5) is 9.33. The van der Waals surface area contributed by atoms with Crippen molar-refractivity contribution in [1.82, 2.24) is 9.97 Å². The monoisotopic (exact) mass is 276 g/mol. The van der Waals surface area contributed by atoms with E-state index in [1.807, 2.05) is 7.05 Å². The summed E-state index contributed by atoms with van der Waals surface area (Å²) in [6.07, 6.45) is 4.80. The zero-order valence-corrected chi connectivity index (χ0v) is 12.4. The van der Waals surface area contributed by atoms with Gasteiger partial charge in [0.25, 0.3) is 0 Å². The van der Waals surface area contributed by atoms with Crippen molar-refractivity contribution in [2.45, 2.75) is 38.5 Å². The maximum absolute atomic E-state index is 5.42. The molecular formula is C15H24N4O. The van der Waals surface area contributed by atoms with Crippen LogP contribution >= 0.6 is 0 Å². The fourth-order valence-corrected chi connectivity index (χ4v) is 2.68. The van der Waals surface area contributed by atoms with Gasteiger partial charge in [-0.25, -0.2) is 9.97 Å². The third-order valence-corrected chi connectivity index (χ3v) is 4.21. The van der Waals surface area contributed by atoms with Gasteiger partial charge in [0.15, 0.2) is 0 Å². The van der Waals surface area contributed by atoms with Crippen LogP contribution in [0.15, 0.2) is 0 Å². The molecule has 1 saturated heterocycles. The van der Waals surface area contributed by atoms with E-state index >= 15 is 0 Å². The van der Waals surface area contributed by atoms with E-state index in [-0.39, 0.29) is 0 Å². The molecule has 2 fully saturated rings. The average molecular weight is 276 g/mol. The Kier molecular flexibility index (Phi) is 4.05. The van der Waals surface area contributed by atoms with E-state index in [1.54, 1.807) is 0 Å². The van der Waals surface area contributed by atoms with Crippen molar-refractivity contribution in [2.75, 3.05) is 37.4 Å². The molecule has 2 aliphatic rings. The van der Waals surface area contributed by atoms with Gasteiger partial charge in [-0.1, -0.05) is 0 Å². The number of rotatable bonds is 6. The third-order valence-electron chi connectivity index (χ3n) is 4.21. The second-order valence-corrected chi connectivity index (χ2v) is 5.87. The van der Waals surface area contributed by atoms with E-state index in [4.69, 9.17) is 9.72 Å². The van der Waals surface area contributed by atoms with E-state index in [0.29, 0.717) is 11.8 Å². The van der Waals surface area contributed by atoms with Crippen LogP contribution in [0.25, 0.3) is 0 Å². The predicted octanol–water partition coefficient (Wildman–Crippen LogP) is 2.54. The quantitative estimate of drug-likeness (QED) is 0.836. The summed E-state index contributed by atoms with van der Waals surface area (Å²) in [5.41, 5.74) is 1.11. The average Bonchev–Trinajstić information content (AvgIpc) is 3.18. The van der Waals surface area contributed by atoms with Gasteiger partial charge in [-0.2, -0.15) is 0 Å². The molecule has 0 bridgehead atoms. The van der Waals surface area contributed by atoms with Crippen molar-refractivity contribution in [2.24, 2.45) is 5.92 Å². The van der Waals surface area contributed by atoms with E-state index in [0.717, 1.165) is 49.2 Å². The van der Waals surface area contributed by atoms with Crippen LogP contribution in [0.3, 0.4) is 0 Å². The summed E-state index contributed by atoms with van der Waals surface area (Å²) in [7, 11) is 1.92. The second-order valence-electron chi connectivity index (χ2n) is 5.87. The lowest BCUT2D eigenvalue weighted by Crippen LogP contribution is -2.13. The van der Waals surface area contributed by atoms with Gasteiger partial charge in [0.2, 0.25) is 0 Å². The highest BCUT2D eigenvalue weighted by Crippen LogP contribution is 2.39. The van der Waals surface area contributed by atoms with Crippen LogP contribution in [0.4, 0.5) is 11.6 Å². The van der Waals surface area contributed by atoms with E-state index in [2.05, 4.69) is 22.5 Å². The lowest BCUT2D eigenvalue weighted by atomic mass is 10.1. The zero-order valence-electron chi connectivity index (χ0n) is 12.4. The van der Waals surface area contributed by atoms with Crippen LogP contribution in [0.5, 0.6) is 0 Å². The van der Waals surface area contributed by atoms with E-state index in [9.17, 15) is 0 Å². The van der Waals surface area contributed by atoms with Gasteiger partial charge in [-0.15, -0.1) is 0 Å². The topological polar surface area (TPSA) is 59.1 Å². The molecule has 1 unspecified atom stereocenters. The van der Waals surface area contributed by atoms with Crippen LogP contribution < -0.4 is 10.6 Å². The van der Waals surface area contributed by atoms with Gasteiger partial charge < -0.3 is 15.4 Å². The molecule has 2 heterocycles. The summed E-state index contributed by atoms with van der Waals surface area (Å²) in [6, 6.07) is 0. The molecule has 1 aliphatic carbocycles. The minimum absolute atomic E-state index is 0.575. The third kappa shape index (κ3) is 3.03. The number of ether oxygens (including phenoxy) is 1. The summed E-state index contributed by atoms with van der Waals surface area (Å²) in [6.45, 7) is 4.87. The van der Waals surface area contributed by atoms with Crippen LogP contribution in [0, 0.1) is 12.8 Å². The van der Waals surface area contributed by atoms with Gasteiger partial charge in [0.1, 0.15) is 17.5 Å². The van der Waals surface area contributed by atoms with Gasteiger partial charge in [-0.3, -0.25) is 0 Å². The fourth-order valence-electron chi connectivity index (χ4n) is 2.68. The van der Waals surface area contributed by atoms with Gasteiger partial charge >= 0.3 is 0 Å². The second kappa shape index (κ2) is 5.95. The molecule has 0 amide bonds. The fraction of sp³-hybridized carbons (Fsp3) is 0.733. The number of hydrogen-bond donors (Lipinski definition) is 2.